The van der Waals surface area contributed by atoms with Gasteiger partial charge >= 0.3 is 12.4 Å². The van der Waals surface area contributed by atoms with Crippen LogP contribution >= 0.6 is 0 Å². The largest absolute Gasteiger partial charge is 0.416 e. The molecule has 13 heteroatoms. The highest BCUT2D eigenvalue weighted by atomic mass is 19.4. The Morgan fingerprint density at radius 3 is 2.35 bits per heavy atom. The molecule has 4 aromatic rings. The van der Waals surface area contributed by atoms with Gasteiger partial charge in [-0.3, -0.25) is 4.68 Å². The number of nitrogens with zero attached hydrogens (tertiary/aromatic N) is 4. The van der Waals surface area contributed by atoms with E-state index in [1.165, 1.54) is 11.8 Å². The van der Waals surface area contributed by atoms with E-state index in [-0.39, 0.29) is 12.0 Å². The summed E-state index contributed by atoms with van der Waals surface area (Å²) in [6.07, 6.45) is -3.28. The van der Waals surface area contributed by atoms with Crippen LogP contribution < -0.4 is 16.0 Å². The maximum atomic E-state index is 13.4. The molecule has 3 heterocycles. The molecule has 5 rings (SSSR count). The Balaban J connectivity index is 1.53. The van der Waals surface area contributed by atoms with Gasteiger partial charge in [0, 0.05) is 48.0 Å². The van der Waals surface area contributed by atoms with Gasteiger partial charge < -0.3 is 16.0 Å². The molecule has 0 saturated carbocycles. The quantitative estimate of drug-likeness (QED) is 0.213. The number of aromatic nitrogens is 4. The Morgan fingerprint density at radius 2 is 1.65 bits per heavy atom. The van der Waals surface area contributed by atoms with Crippen molar-refractivity contribution in [1.29, 1.82) is 0 Å². The lowest BCUT2D eigenvalue weighted by Gasteiger charge is -2.19. The van der Waals surface area contributed by atoms with Crippen LogP contribution in [0.4, 0.5) is 49.5 Å². The molecule has 0 unspecified atom stereocenters. The smallest absolute Gasteiger partial charge is 0.340 e. The molecule has 0 fully saturated rings. The first-order valence-electron chi connectivity index (χ1n) is 12.6. The predicted molar refractivity (Wildman–Crippen MR) is 138 cm³/mol. The second-order valence-electron chi connectivity index (χ2n) is 9.40. The fourth-order valence-corrected chi connectivity index (χ4v) is 4.45. The van der Waals surface area contributed by atoms with Crippen LogP contribution in [0.25, 0.3) is 11.1 Å². The summed E-state index contributed by atoms with van der Waals surface area (Å²) >= 11 is 0. The molecular formula is C27H25F6N7. The molecule has 0 bridgehead atoms. The van der Waals surface area contributed by atoms with Gasteiger partial charge in [0.25, 0.3) is 0 Å². The molecule has 0 atom stereocenters. The Morgan fingerprint density at radius 1 is 0.900 bits per heavy atom. The van der Waals surface area contributed by atoms with Crippen molar-refractivity contribution < 1.29 is 26.3 Å². The van der Waals surface area contributed by atoms with E-state index >= 15 is 0 Å². The first-order valence-corrected chi connectivity index (χ1v) is 12.6. The van der Waals surface area contributed by atoms with E-state index < -0.39 is 29.2 Å². The number of rotatable bonds is 7. The van der Waals surface area contributed by atoms with E-state index in [1.807, 2.05) is 31.3 Å². The molecule has 0 saturated heterocycles. The summed E-state index contributed by atoms with van der Waals surface area (Å²) in [5.41, 5.74) is 0.982. The average Bonchev–Trinajstić information content (AvgIpc) is 3.36. The molecule has 1 aliphatic rings. The lowest BCUT2D eigenvalue weighted by Crippen LogP contribution is -2.23. The third kappa shape index (κ3) is 6.19. The van der Waals surface area contributed by atoms with Crippen LogP contribution in [0.15, 0.2) is 55.0 Å². The van der Waals surface area contributed by atoms with Gasteiger partial charge in [0.2, 0.25) is 5.95 Å². The lowest BCUT2D eigenvalue weighted by atomic mass is 10.0. The fourth-order valence-electron chi connectivity index (χ4n) is 4.45. The highest BCUT2D eigenvalue weighted by Crippen LogP contribution is 2.38. The zero-order valence-corrected chi connectivity index (χ0v) is 21.3. The molecule has 40 heavy (non-hydrogen) atoms. The number of hydrogen-bond acceptors (Lipinski definition) is 6. The minimum Gasteiger partial charge on any atom is -0.340 e. The summed E-state index contributed by atoms with van der Waals surface area (Å²) in [6, 6.07) is 7.13. The van der Waals surface area contributed by atoms with E-state index in [0.29, 0.717) is 47.9 Å². The number of hydrogen-bond donors (Lipinski definition) is 3. The summed E-state index contributed by atoms with van der Waals surface area (Å²) in [6.45, 7) is 4.30. The van der Waals surface area contributed by atoms with Gasteiger partial charge in [-0.05, 0) is 60.8 Å². The summed E-state index contributed by atoms with van der Waals surface area (Å²) in [5, 5.41) is 13.4. The Kier molecular flexibility index (Phi) is 7.41. The number of benzene rings is 2. The van der Waals surface area contributed by atoms with Crippen LogP contribution in [-0.4, -0.2) is 26.3 Å². The molecular weight excluding hydrogens is 536 g/mol. The van der Waals surface area contributed by atoms with E-state index in [1.54, 1.807) is 10.9 Å². The van der Waals surface area contributed by atoms with Gasteiger partial charge in [0.05, 0.1) is 17.3 Å². The second kappa shape index (κ2) is 10.8. The van der Waals surface area contributed by atoms with Gasteiger partial charge in [0.1, 0.15) is 5.82 Å². The zero-order valence-electron chi connectivity index (χ0n) is 21.3. The number of nitrogens with one attached hydrogen (secondary N) is 3. The van der Waals surface area contributed by atoms with Gasteiger partial charge in [0.15, 0.2) is 0 Å². The van der Waals surface area contributed by atoms with E-state index in [0.717, 1.165) is 24.9 Å². The van der Waals surface area contributed by atoms with Crippen molar-refractivity contribution in [1.82, 2.24) is 25.1 Å². The van der Waals surface area contributed by atoms with Gasteiger partial charge in [-0.25, -0.2) is 4.98 Å². The highest BCUT2D eigenvalue weighted by molar-refractivity contribution is 5.78. The van der Waals surface area contributed by atoms with Crippen LogP contribution in [-0.2, 0) is 31.9 Å². The number of halogens is 6. The fraction of sp³-hybridized carbons (Fsp3) is 0.296. The van der Waals surface area contributed by atoms with Crippen molar-refractivity contribution in [2.24, 2.45) is 0 Å². The molecule has 210 valence electrons. The summed E-state index contributed by atoms with van der Waals surface area (Å²) in [5.74, 6) is 0.125. The van der Waals surface area contributed by atoms with Crippen molar-refractivity contribution in [2.75, 3.05) is 17.2 Å². The summed E-state index contributed by atoms with van der Waals surface area (Å²) in [7, 11) is 0. The molecule has 3 N–H and O–H groups in total. The molecule has 0 amide bonds. The third-order valence-corrected chi connectivity index (χ3v) is 6.39. The molecule has 0 radical (unpaired) electrons. The zero-order chi connectivity index (χ0) is 28.5. The summed E-state index contributed by atoms with van der Waals surface area (Å²) in [4.78, 5) is 8.63. The number of anilines is 4. The van der Waals surface area contributed by atoms with Gasteiger partial charge in [-0.2, -0.15) is 36.4 Å². The molecule has 2 aromatic carbocycles. The maximum absolute atomic E-state index is 13.4. The van der Waals surface area contributed by atoms with Crippen LogP contribution in [0, 0.1) is 0 Å². The minimum atomic E-state index is -4.98. The SMILES string of the molecule is CCCn1cc(-c2cnc(Nc3cc(C(F)(F)F)cc(C(F)(F)F)c3)nc2Nc2ccc3c(c2)CNCC3)cn1. The van der Waals surface area contributed by atoms with Crippen LogP contribution in [0.2, 0.25) is 0 Å². The van der Waals surface area contributed by atoms with Crippen LogP contribution in [0.1, 0.15) is 35.6 Å². The summed E-state index contributed by atoms with van der Waals surface area (Å²) < 4.78 is 81.9. The van der Waals surface area contributed by atoms with E-state index in [2.05, 4.69) is 31.0 Å². The normalized spacial score (nSPS) is 13.7. The highest BCUT2D eigenvalue weighted by Gasteiger charge is 2.37. The van der Waals surface area contributed by atoms with Crippen molar-refractivity contribution in [3.05, 3.63) is 77.2 Å². The Bertz CT molecular complexity index is 1480. The van der Waals surface area contributed by atoms with Crippen molar-refractivity contribution >= 4 is 23.1 Å². The average molecular weight is 562 g/mol. The van der Waals surface area contributed by atoms with Gasteiger partial charge in [-0.15, -0.1) is 0 Å². The number of aryl methyl sites for hydroxylation is 1. The molecule has 0 spiro atoms. The molecule has 0 aliphatic carbocycles. The standard InChI is InChI=1S/C27H25F6N7/c1-2-7-40-15-18(13-36-40)23-14-35-25(38-22-10-19(26(28,29)30)9-20(11-22)27(31,32)33)39-24(23)37-21-4-3-16-5-6-34-12-17(16)8-21/h3-4,8-11,13-15,34H,2,5-7,12H2,1H3,(H2,35,37,38,39). The van der Waals surface area contributed by atoms with Crippen molar-refractivity contribution in [3.63, 3.8) is 0 Å². The predicted octanol–water partition coefficient (Wildman–Crippen LogP) is 6.92. The van der Waals surface area contributed by atoms with Gasteiger partial charge in [-0.1, -0.05) is 13.0 Å². The van der Waals surface area contributed by atoms with Crippen LogP contribution in [0.5, 0.6) is 0 Å². The van der Waals surface area contributed by atoms with E-state index in [9.17, 15) is 26.3 Å². The molecule has 2 aromatic heterocycles. The second-order valence-corrected chi connectivity index (χ2v) is 9.40. The topological polar surface area (TPSA) is 79.7 Å². The van der Waals surface area contributed by atoms with Crippen molar-refractivity contribution in [2.45, 2.75) is 45.2 Å². The Labute approximate surface area is 225 Å². The monoisotopic (exact) mass is 561 g/mol. The molecule has 7 nitrogen and oxygen atoms in total. The maximum Gasteiger partial charge on any atom is 0.416 e. The Hall–Kier alpha value is -4.13. The van der Waals surface area contributed by atoms with E-state index in [4.69, 9.17) is 0 Å². The molecule has 1 aliphatic heterocycles. The van der Waals surface area contributed by atoms with Crippen LogP contribution in [0.3, 0.4) is 0 Å². The number of alkyl halides is 6. The lowest BCUT2D eigenvalue weighted by molar-refractivity contribution is -0.143. The minimum absolute atomic E-state index is 0.0705. The first-order chi connectivity index (χ1) is 19.0. The van der Waals surface area contributed by atoms with Crippen molar-refractivity contribution in [3.8, 4) is 11.1 Å². The third-order valence-electron chi connectivity index (χ3n) is 6.39. The first kappa shape index (κ1) is 27.4. The number of fused-ring (bicyclic) bond motifs is 1.